The molecule has 8 heteroatoms. The van der Waals surface area contributed by atoms with Gasteiger partial charge in [-0.05, 0) is 42.0 Å². The Kier molecular flexibility index (Phi) is 6.60. The molecule has 4 N–H and O–H groups in total. The minimum atomic E-state index is 0.0543. The highest BCUT2D eigenvalue weighted by Crippen LogP contribution is 2.30. The number of benzene rings is 1. The molecular weight excluding hydrogens is 428 g/mol. The van der Waals surface area contributed by atoms with E-state index in [9.17, 15) is 4.79 Å². The third-order valence-corrected chi connectivity index (χ3v) is 6.25. The van der Waals surface area contributed by atoms with Crippen molar-refractivity contribution in [1.82, 2.24) is 20.2 Å². The summed E-state index contributed by atoms with van der Waals surface area (Å²) in [4.78, 5) is 24.7. The molecule has 4 heterocycles. The number of nitrogen functional groups attached to an aromatic ring is 1. The van der Waals surface area contributed by atoms with Gasteiger partial charge in [-0.2, -0.15) is 0 Å². The molecule has 2 aliphatic rings. The maximum Gasteiger partial charge on any atom is 0.254 e. The van der Waals surface area contributed by atoms with Crippen LogP contribution < -0.4 is 16.0 Å². The summed E-state index contributed by atoms with van der Waals surface area (Å²) in [7, 11) is 0. The van der Waals surface area contributed by atoms with Gasteiger partial charge in [-0.15, -0.1) is 0 Å². The first-order valence-corrected chi connectivity index (χ1v) is 11.7. The van der Waals surface area contributed by atoms with Gasteiger partial charge in [0.25, 0.3) is 5.91 Å². The van der Waals surface area contributed by atoms with Crippen LogP contribution in [0.2, 0.25) is 0 Å². The molecule has 176 valence electrons. The van der Waals surface area contributed by atoms with Crippen LogP contribution in [0.15, 0.2) is 48.7 Å². The second kappa shape index (κ2) is 10.1. The molecule has 2 aromatic heterocycles. The third-order valence-electron chi connectivity index (χ3n) is 6.25. The van der Waals surface area contributed by atoms with E-state index in [1.807, 2.05) is 59.5 Å². The summed E-state index contributed by atoms with van der Waals surface area (Å²) < 4.78 is 5.33. The number of rotatable bonds is 5. The van der Waals surface area contributed by atoms with E-state index in [1.165, 1.54) is 0 Å². The number of hydrogen-bond acceptors (Lipinski definition) is 6. The fourth-order valence-corrected chi connectivity index (χ4v) is 4.34. The summed E-state index contributed by atoms with van der Waals surface area (Å²) in [6.45, 7) is 6.28. The average Bonchev–Trinajstić information content (AvgIpc) is 3.30. The molecule has 2 aliphatic heterocycles. The number of hydrogen-bond donors (Lipinski definition) is 3. The first-order valence-electron chi connectivity index (χ1n) is 11.7. The van der Waals surface area contributed by atoms with Crippen LogP contribution in [-0.4, -0.2) is 73.3 Å². The SMILES string of the molecule is Nc1cc(-c2ccnc(/C=C/c3ccc(C(=O)N4CCOCC4)cc3)c2)[nH]c1N1CCNCC1. The van der Waals surface area contributed by atoms with Gasteiger partial charge in [-0.25, -0.2) is 0 Å². The number of H-pyrrole nitrogens is 1. The number of anilines is 2. The molecule has 5 rings (SSSR count). The molecular formula is C26H30N6O2. The van der Waals surface area contributed by atoms with E-state index >= 15 is 0 Å². The predicted octanol–water partition coefficient (Wildman–Crippen LogP) is 2.71. The van der Waals surface area contributed by atoms with Gasteiger partial charge in [-0.1, -0.05) is 18.2 Å². The average molecular weight is 459 g/mol. The molecule has 8 nitrogen and oxygen atoms in total. The number of aromatic amines is 1. The standard InChI is InChI=1S/C26H30N6O2/c27-23-18-24(30-25(23)31-11-9-28-10-12-31)21-7-8-29-22(17-21)6-3-19-1-4-20(5-2-19)26(33)32-13-15-34-16-14-32/h1-8,17-18,28,30H,9-16,27H2/b6-3+. The van der Waals surface area contributed by atoms with Crippen LogP contribution in [0.1, 0.15) is 21.6 Å². The lowest BCUT2D eigenvalue weighted by Crippen LogP contribution is -2.43. The molecule has 1 amide bonds. The van der Waals surface area contributed by atoms with E-state index in [0.29, 0.717) is 31.9 Å². The number of carbonyl (C=O) groups is 1. The Morgan fingerprint density at radius 1 is 1.00 bits per heavy atom. The molecule has 0 radical (unpaired) electrons. The quantitative estimate of drug-likeness (QED) is 0.544. The minimum absolute atomic E-state index is 0.0543. The highest BCUT2D eigenvalue weighted by molar-refractivity contribution is 5.94. The van der Waals surface area contributed by atoms with Crippen molar-refractivity contribution in [2.75, 3.05) is 63.1 Å². The Morgan fingerprint density at radius 3 is 2.53 bits per heavy atom. The van der Waals surface area contributed by atoms with Gasteiger partial charge < -0.3 is 30.6 Å². The van der Waals surface area contributed by atoms with E-state index in [0.717, 1.165) is 60.2 Å². The minimum Gasteiger partial charge on any atom is -0.396 e. The highest BCUT2D eigenvalue weighted by atomic mass is 16.5. The summed E-state index contributed by atoms with van der Waals surface area (Å²) in [5.41, 5.74) is 11.6. The number of nitrogens with one attached hydrogen (secondary N) is 2. The molecule has 0 bridgehead atoms. The van der Waals surface area contributed by atoms with Gasteiger partial charge >= 0.3 is 0 Å². The molecule has 3 aromatic rings. The van der Waals surface area contributed by atoms with E-state index < -0.39 is 0 Å². The number of ether oxygens (including phenoxy) is 1. The predicted molar refractivity (Wildman–Crippen MR) is 136 cm³/mol. The van der Waals surface area contributed by atoms with Gasteiger partial charge in [0.15, 0.2) is 0 Å². The smallest absolute Gasteiger partial charge is 0.254 e. The number of nitrogens with zero attached hydrogens (tertiary/aromatic N) is 3. The van der Waals surface area contributed by atoms with Crippen LogP contribution in [0.4, 0.5) is 11.5 Å². The Balaban J connectivity index is 1.28. The Bertz CT molecular complexity index is 1160. The van der Waals surface area contributed by atoms with Crippen molar-refractivity contribution in [1.29, 1.82) is 0 Å². The van der Waals surface area contributed by atoms with Crippen molar-refractivity contribution in [2.45, 2.75) is 0 Å². The fourth-order valence-electron chi connectivity index (χ4n) is 4.34. The normalized spacial score (nSPS) is 16.8. The third kappa shape index (κ3) is 4.98. The summed E-state index contributed by atoms with van der Waals surface area (Å²) in [5.74, 6) is 1.04. The number of morpholine rings is 1. The zero-order valence-corrected chi connectivity index (χ0v) is 19.2. The molecule has 0 atom stereocenters. The summed E-state index contributed by atoms with van der Waals surface area (Å²) >= 11 is 0. The number of nitrogens with two attached hydrogens (primary N) is 1. The van der Waals surface area contributed by atoms with Crippen LogP contribution in [0.5, 0.6) is 0 Å². The molecule has 0 saturated carbocycles. The van der Waals surface area contributed by atoms with Gasteiger partial charge in [0.1, 0.15) is 5.82 Å². The van der Waals surface area contributed by atoms with E-state index in [1.54, 1.807) is 6.20 Å². The maximum absolute atomic E-state index is 12.6. The zero-order valence-electron chi connectivity index (χ0n) is 19.2. The van der Waals surface area contributed by atoms with E-state index in [-0.39, 0.29) is 5.91 Å². The fraction of sp³-hybridized carbons (Fsp3) is 0.308. The van der Waals surface area contributed by atoms with Gasteiger partial charge in [0.05, 0.1) is 24.6 Å². The second-order valence-corrected chi connectivity index (χ2v) is 8.55. The molecule has 0 aliphatic carbocycles. The van der Waals surface area contributed by atoms with Gasteiger partial charge in [0, 0.05) is 62.3 Å². The van der Waals surface area contributed by atoms with Crippen molar-refractivity contribution in [3.8, 4) is 11.3 Å². The summed E-state index contributed by atoms with van der Waals surface area (Å²) in [6.07, 6.45) is 5.79. The van der Waals surface area contributed by atoms with Crippen molar-refractivity contribution >= 4 is 29.6 Å². The van der Waals surface area contributed by atoms with Crippen molar-refractivity contribution in [3.63, 3.8) is 0 Å². The van der Waals surface area contributed by atoms with E-state index in [2.05, 4.69) is 20.2 Å². The van der Waals surface area contributed by atoms with Crippen LogP contribution >= 0.6 is 0 Å². The Labute approximate surface area is 199 Å². The molecule has 34 heavy (non-hydrogen) atoms. The topological polar surface area (TPSA) is 99.5 Å². The number of amides is 1. The van der Waals surface area contributed by atoms with E-state index in [4.69, 9.17) is 10.5 Å². The lowest BCUT2D eigenvalue weighted by atomic mass is 10.1. The van der Waals surface area contributed by atoms with Crippen molar-refractivity contribution in [3.05, 3.63) is 65.5 Å². The molecule has 0 unspecified atom stereocenters. The molecule has 2 fully saturated rings. The van der Waals surface area contributed by atoms with Gasteiger partial charge in [-0.3, -0.25) is 9.78 Å². The maximum atomic E-state index is 12.6. The highest BCUT2D eigenvalue weighted by Gasteiger charge is 2.18. The monoisotopic (exact) mass is 458 g/mol. The van der Waals surface area contributed by atoms with Crippen LogP contribution in [0.3, 0.4) is 0 Å². The van der Waals surface area contributed by atoms with Crippen LogP contribution in [0, 0.1) is 0 Å². The molecule has 0 spiro atoms. The Hall–Kier alpha value is -3.62. The Morgan fingerprint density at radius 2 is 1.76 bits per heavy atom. The van der Waals surface area contributed by atoms with Crippen molar-refractivity contribution < 1.29 is 9.53 Å². The largest absolute Gasteiger partial charge is 0.396 e. The molecule has 2 saturated heterocycles. The number of pyridine rings is 1. The van der Waals surface area contributed by atoms with Crippen molar-refractivity contribution in [2.24, 2.45) is 0 Å². The summed E-state index contributed by atoms with van der Waals surface area (Å²) in [5, 5.41) is 3.37. The first-order chi connectivity index (χ1) is 16.7. The summed E-state index contributed by atoms with van der Waals surface area (Å²) in [6, 6.07) is 13.7. The lowest BCUT2D eigenvalue weighted by Gasteiger charge is -2.28. The second-order valence-electron chi connectivity index (χ2n) is 8.55. The number of piperazine rings is 1. The number of aromatic nitrogens is 2. The van der Waals surface area contributed by atoms with Crippen LogP contribution in [0.25, 0.3) is 23.4 Å². The van der Waals surface area contributed by atoms with Crippen LogP contribution in [-0.2, 0) is 4.74 Å². The lowest BCUT2D eigenvalue weighted by molar-refractivity contribution is 0.0303. The molecule has 1 aromatic carbocycles. The number of carbonyl (C=O) groups excluding carboxylic acids is 1. The zero-order chi connectivity index (χ0) is 23.3. The first kappa shape index (κ1) is 22.2. The van der Waals surface area contributed by atoms with Gasteiger partial charge in [0.2, 0.25) is 0 Å².